The fourth-order valence-corrected chi connectivity index (χ4v) is 3.19. The summed E-state index contributed by atoms with van der Waals surface area (Å²) in [7, 11) is 0. The van der Waals surface area contributed by atoms with E-state index in [4.69, 9.17) is 10.6 Å². The second-order valence-electron chi connectivity index (χ2n) is 6.75. The maximum absolute atomic E-state index is 12.9. The highest BCUT2D eigenvalue weighted by atomic mass is 79.9. The average molecular weight is 412 g/mol. The van der Waals surface area contributed by atoms with Crippen LogP contribution in [0.15, 0.2) is 22.7 Å². The molecule has 0 radical (unpaired) electrons. The first-order chi connectivity index (χ1) is 11.9. The normalized spacial score (nSPS) is 15.3. The molecule has 138 valence electrons. The van der Waals surface area contributed by atoms with Gasteiger partial charge >= 0.3 is 0 Å². The molecule has 0 aliphatic carbocycles. The van der Waals surface area contributed by atoms with E-state index in [2.05, 4.69) is 35.2 Å². The van der Waals surface area contributed by atoms with Gasteiger partial charge in [0, 0.05) is 23.5 Å². The number of halogens is 1. The van der Waals surface area contributed by atoms with Gasteiger partial charge in [0.25, 0.3) is 5.91 Å². The molecule has 0 aromatic heterocycles. The first-order valence-electron chi connectivity index (χ1n) is 8.64. The number of carbonyl (C=O) groups is 2. The number of nitrogens with two attached hydrogens (primary N) is 1. The van der Waals surface area contributed by atoms with Gasteiger partial charge in [-0.2, -0.15) is 0 Å². The zero-order valence-electron chi connectivity index (χ0n) is 14.8. The van der Waals surface area contributed by atoms with Crippen LogP contribution in [0.5, 0.6) is 5.75 Å². The van der Waals surface area contributed by atoms with E-state index in [0.717, 1.165) is 10.9 Å². The molecule has 1 aliphatic rings. The molecule has 2 amide bonds. The molecule has 1 saturated heterocycles. The molecule has 0 atom stereocenters. The van der Waals surface area contributed by atoms with Crippen LogP contribution in [0.3, 0.4) is 0 Å². The third kappa shape index (κ3) is 5.44. The number of rotatable bonds is 6. The van der Waals surface area contributed by atoms with Crippen molar-refractivity contribution in [2.75, 3.05) is 19.7 Å². The standard InChI is InChI=1S/C18H26BrN3O3/c1-12(2)7-10-25-16-4-3-14(19)11-15(16)18(24)22-8-5-13(6-9-22)17(23)21-20/h3-4,11-13H,5-10,20H2,1-2H3,(H,21,23). The van der Waals surface area contributed by atoms with Crippen LogP contribution in [0, 0.1) is 11.8 Å². The first-order valence-corrected chi connectivity index (χ1v) is 9.43. The van der Waals surface area contributed by atoms with Crippen LogP contribution in [0.4, 0.5) is 0 Å². The quantitative estimate of drug-likeness (QED) is 0.428. The van der Waals surface area contributed by atoms with Crippen molar-refractivity contribution < 1.29 is 14.3 Å². The van der Waals surface area contributed by atoms with E-state index >= 15 is 0 Å². The predicted molar refractivity (Wildman–Crippen MR) is 100 cm³/mol. The van der Waals surface area contributed by atoms with E-state index in [9.17, 15) is 9.59 Å². The van der Waals surface area contributed by atoms with Crippen LogP contribution in [0.2, 0.25) is 0 Å². The molecule has 1 fully saturated rings. The van der Waals surface area contributed by atoms with Crippen molar-refractivity contribution in [1.29, 1.82) is 0 Å². The lowest BCUT2D eigenvalue weighted by molar-refractivity contribution is -0.126. The van der Waals surface area contributed by atoms with E-state index in [1.807, 2.05) is 12.1 Å². The molecule has 1 heterocycles. The Morgan fingerprint density at radius 1 is 1.36 bits per heavy atom. The summed E-state index contributed by atoms with van der Waals surface area (Å²) in [6.07, 6.45) is 2.17. The number of ether oxygens (including phenoxy) is 1. The maximum atomic E-state index is 12.9. The zero-order valence-corrected chi connectivity index (χ0v) is 16.3. The molecule has 0 saturated carbocycles. The van der Waals surface area contributed by atoms with Gasteiger partial charge in [0.2, 0.25) is 5.91 Å². The van der Waals surface area contributed by atoms with Crippen LogP contribution in [0.1, 0.15) is 43.5 Å². The molecule has 0 spiro atoms. The Balaban J connectivity index is 2.05. The predicted octanol–water partition coefficient (Wildman–Crippen LogP) is 2.72. The lowest BCUT2D eigenvalue weighted by Gasteiger charge is -2.31. The van der Waals surface area contributed by atoms with Gasteiger partial charge in [-0.3, -0.25) is 15.0 Å². The molecule has 1 aromatic carbocycles. The molecule has 6 nitrogen and oxygen atoms in total. The highest BCUT2D eigenvalue weighted by molar-refractivity contribution is 9.10. The summed E-state index contributed by atoms with van der Waals surface area (Å²) in [4.78, 5) is 26.3. The van der Waals surface area contributed by atoms with Crippen molar-refractivity contribution in [1.82, 2.24) is 10.3 Å². The number of piperidine rings is 1. The van der Waals surface area contributed by atoms with E-state index in [0.29, 0.717) is 49.8 Å². The molecular weight excluding hydrogens is 386 g/mol. The van der Waals surface area contributed by atoms with Crippen molar-refractivity contribution in [3.05, 3.63) is 28.2 Å². The van der Waals surface area contributed by atoms with Gasteiger partial charge in [-0.1, -0.05) is 29.8 Å². The monoisotopic (exact) mass is 411 g/mol. The molecular formula is C18H26BrN3O3. The number of hydrogen-bond donors (Lipinski definition) is 2. The Bertz CT molecular complexity index is 614. The number of hydrogen-bond acceptors (Lipinski definition) is 4. The van der Waals surface area contributed by atoms with Gasteiger partial charge in [-0.15, -0.1) is 0 Å². The number of nitrogens with zero attached hydrogens (tertiary/aromatic N) is 1. The summed E-state index contributed by atoms with van der Waals surface area (Å²) in [6, 6.07) is 5.50. The molecule has 0 bridgehead atoms. The summed E-state index contributed by atoms with van der Waals surface area (Å²) >= 11 is 3.42. The molecule has 1 aromatic rings. The summed E-state index contributed by atoms with van der Waals surface area (Å²) in [5.41, 5.74) is 2.75. The Hall–Kier alpha value is -1.60. The van der Waals surface area contributed by atoms with Crippen LogP contribution in [-0.4, -0.2) is 36.4 Å². The molecule has 1 aliphatic heterocycles. The number of amides is 2. The van der Waals surface area contributed by atoms with E-state index < -0.39 is 0 Å². The van der Waals surface area contributed by atoms with Crippen LogP contribution in [-0.2, 0) is 4.79 Å². The van der Waals surface area contributed by atoms with Gasteiger partial charge in [-0.25, -0.2) is 5.84 Å². The fourth-order valence-electron chi connectivity index (χ4n) is 2.83. The Morgan fingerprint density at radius 2 is 2.04 bits per heavy atom. The molecule has 25 heavy (non-hydrogen) atoms. The van der Waals surface area contributed by atoms with E-state index in [-0.39, 0.29) is 17.7 Å². The third-order valence-electron chi connectivity index (χ3n) is 4.42. The summed E-state index contributed by atoms with van der Waals surface area (Å²) in [6.45, 7) is 5.93. The van der Waals surface area contributed by atoms with E-state index in [1.165, 1.54) is 0 Å². The Kier molecular flexibility index (Phi) is 7.25. The van der Waals surface area contributed by atoms with Crippen molar-refractivity contribution in [2.24, 2.45) is 17.7 Å². The number of likely N-dealkylation sites (tertiary alicyclic amines) is 1. The molecule has 3 N–H and O–H groups in total. The lowest BCUT2D eigenvalue weighted by Crippen LogP contribution is -2.44. The van der Waals surface area contributed by atoms with Gasteiger partial charge < -0.3 is 9.64 Å². The maximum Gasteiger partial charge on any atom is 0.257 e. The summed E-state index contributed by atoms with van der Waals surface area (Å²) in [5, 5.41) is 0. The molecule has 0 unspecified atom stereocenters. The summed E-state index contributed by atoms with van der Waals surface area (Å²) < 4.78 is 6.68. The first kappa shape index (κ1) is 19.7. The molecule has 2 rings (SSSR count). The van der Waals surface area contributed by atoms with Gasteiger partial charge in [0.1, 0.15) is 5.75 Å². The number of nitrogens with one attached hydrogen (secondary N) is 1. The Labute approximate surface area is 157 Å². The van der Waals surface area contributed by atoms with Gasteiger partial charge in [-0.05, 0) is 43.4 Å². The lowest BCUT2D eigenvalue weighted by atomic mass is 9.95. The van der Waals surface area contributed by atoms with Crippen molar-refractivity contribution in [3.8, 4) is 5.75 Å². The van der Waals surface area contributed by atoms with Crippen LogP contribution >= 0.6 is 15.9 Å². The smallest absolute Gasteiger partial charge is 0.257 e. The third-order valence-corrected chi connectivity index (χ3v) is 4.91. The number of carbonyl (C=O) groups excluding carboxylic acids is 2. The number of hydrazine groups is 1. The van der Waals surface area contributed by atoms with Crippen LogP contribution < -0.4 is 16.0 Å². The minimum atomic E-state index is -0.160. The topological polar surface area (TPSA) is 84.7 Å². The number of benzene rings is 1. The minimum Gasteiger partial charge on any atom is -0.493 e. The highest BCUT2D eigenvalue weighted by Gasteiger charge is 2.28. The van der Waals surface area contributed by atoms with Gasteiger partial charge in [0.05, 0.1) is 12.2 Å². The van der Waals surface area contributed by atoms with Gasteiger partial charge in [0.15, 0.2) is 0 Å². The fraction of sp³-hybridized carbons (Fsp3) is 0.556. The summed E-state index contributed by atoms with van der Waals surface area (Å²) in [5.74, 6) is 5.99. The Morgan fingerprint density at radius 3 is 2.64 bits per heavy atom. The van der Waals surface area contributed by atoms with Crippen molar-refractivity contribution in [2.45, 2.75) is 33.1 Å². The van der Waals surface area contributed by atoms with Crippen LogP contribution in [0.25, 0.3) is 0 Å². The highest BCUT2D eigenvalue weighted by Crippen LogP contribution is 2.27. The van der Waals surface area contributed by atoms with E-state index in [1.54, 1.807) is 11.0 Å². The SMILES string of the molecule is CC(C)CCOc1ccc(Br)cc1C(=O)N1CCC(C(=O)NN)CC1. The second-order valence-corrected chi connectivity index (χ2v) is 7.66. The zero-order chi connectivity index (χ0) is 18.4. The largest absolute Gasteiger partial charge is 0.493 e. The minimum absolute atomic E-state index is 0.0625. The second kappa shape index (κ2) is 9.20. The van der Waals surface area contributed by atoms with Crippen molar-refractivity contribution >= 4 is 27.7 Å². The average Bonchev–Trinajstić information content (AvgIpc) is 2.61. The molecule has 7 heteroatoms. The van der Waals surface area contributed by atoms with Crippen molar-refractivity contribution in [3.63, 3.8) is 0 Å².